The SMILES string of the molecule is COC(=O)[C@H](CCCCNC(=O)CN(CC(=O)NCCc1ccc(F)cc1)C(=O)c1cccc(C(=O)N(CC(=O)NCCCC[C@H](OC(=O)c2cc(OC)c(OC)c(OC)c2)C(=O)OC)CC(=O)NCCc2ccc(F)cc2)c1)OC(=O)c1cc(OC)c(OC)c(OC)c1. The van der Waals surface area contributed by atoms with Crippen LogP contribution in [0.2, 0.25) is 0 Å². The van der Waals surface area contributed by atoms with Gasteiger partial charge >= 0.3 is 23.9 Å². The van der Waals surface area contributed by atoms with Crippen LogP contribution in [0.4, 0.5) is 8.78 Å². The fourth-order valence-electron chi connectivity index (χ4n) is 9.33. The van der Waals surface area contributed by atoms with Crippen LogP contribution in [-0.2, 0) is 60.6 Å². The van der Waals surface area contributed by atoms with Gasteiger partial charge in [0, 0.05) is 37.3 Å². The number of amides is 6. The first-order chi connectivity index (χ1) is 45.2. The number of methoxy groups -OCH3 is 8. The van der Waals surface area contributed by atoms with Gasteiger partial charge in [-0.3, -0.25) is 28.8 Å². The maximum atomic E-state index is 14.5. The molecule has 0 unspecified atom stereocenters. The fraction of sp³-hybridized carbons (Fsp3) is 0.394. The van der Waals surface area contributed by atoms with Gasteiger partial charge in [0.05, 0.1) is 68.0 Å². The first-order valence-corrected chi connectivity index (χ1v) is 29.6. The van der Waals surface area contributed by atoms with Crippen LogP contribution in [0.5, 0.6) is 34.5 Å². The van der Waals surface area contributed by atoms with E-state index < -0.39 is 109 Å². The van der Waals surface area contributed by atoms with E-state index in [1.807, 2.05) is 0 Å². The van der Waals surface area contributed by atoms with Crippen molar-refractivity contribution in [1.29, 1.82) is 0 Å². The Kier molecular flexibility index (Phi) is 30.3. The standard InChI is InChI=1S/C66H78F2N6O20/c1-85-51-33-45(34-52(86-2)59(51)89-5)63(81)93-49(65(83)91-7)16-9-11-28-69-55(75)37-73(39-57(77)71-30-26-41-18-22-47(67)23-19-41)61(79)43-14-13-15-44(32-43)62(80)74(40-58(78)72-31-27-42-20-24-48(68)25-21-42)38-56(76)70-29-12-10-17-50(66(84)92-8)94-64(82)46-35-53(87-3)60(90-6)54(36-46)88-4/h13-15,18-25,32-36,49-50H,9-12,16-17,26-31,37-40H2,1-8H3,(H,69,75)(H,70,76)(H,71,77)(H,72,78)/t49-,50-/m0/s1. The van der Waals surface area contributed by atoms with E-state index in [0.717, 1.165) is 24.0 Å². The Hall–Kier alpha value is -10.5. The van der Waals surface area contributed by atoms with Crippen molar-refractivity contribution in [3.8, 4) is 34.5 Å². The van der Waals surface area contributed by atoms with Crippen LogP contribution < -0.4 is 49.7 Å². The number of unbranched alkanes of at least 4 members (excludes halogenated alkanes) is 2. The van der Waals surface area contributed by atoms with Gasteiger partial charge in [-0.15, -0.1) is 0 Å². The quantitative estimate of drug-likeness (QED) is 0.0230. The van der Waals surface area contributed by atoms with Gasteiger partial charge in [-0.25, -0.2) is 28.0 Å². The van der Waals surface area contributed by atoms with Crippen LogP contribution in [0.25, 0.3) is 0 Å². The predicted octanol–water partition coefficient (Wildman–Crippen LogP) is 4.99. The van der Waals surface area contributed by atoms with E-state index in [2.05, 4.69) is 21.3 Å². The molecule has 0 spiro atoms. The number of rotatable bonds is 38. The van der Waals surface area contributed by atoms with E-state index in [0.29, 0.717) is 24.0 Å². The van der Waals surface area contributed by atoms with Crippen molar-refractivity contribution in [1.82, 2.24) is 31.1 Å². The summed E-state index contributed by atoms with van der Waals surface area (Å²) < 4.78 is 79.9. The molecule has 0 saturated carbocycles. The zero-order valence-electron chi connectivity index (χ0n) is 53.5. The third-order valence-corrected chi connectivity index (χ3v) is 14.2. The Balaban J connectivity index is 1.27. The number of benzene rings is 5. The molecule has 0 bridgehead atoms. The maximum Gasteiger partial charge on any atom is 0.347 e. The van der Waals surface area contributed by atoms with E-state index >= 15 is 0 Å². The lowest BCUT2D eigenvalue weighted by atomic mass is 10.1. The van der Waals surface area contributed by atoms with Crippen LogP contribution in [0.15, 0.2) is 97.1 Å². The number of carbonyl (C=O) groups excluding carboxylic acids is 10. The first kappa shape index (κ1) is 74.2. The summed E-state index contributed by atoms with van der Waals surface area (Å²) in [4.78, 5) is 137. The first-order valence-electron chi connectivity index (χ1n) is 29.6. The van der Waals surface area contributed by atoms with Gasteiger partial charge in [-0.1, -0.05) is 30.3 Å². The van der Waals surface area contributed by atoms with Gasteiger partial charge in [-0.05, 0) is 129 Å². The van der Waals surface area contributed by atoms with Gasteiger partial charge in [0.25, 0.3) is 11.8 Å². The van der Waals surface area contributed by atoms with Gasteiger partial charge in [0.15, 0.2) is 35.2 Å². The molecule has 5 rings (SSSR count). The van der Waals surface area contributed by atoms with Gasteiger partial charge < -0.3 is 78.4 Å². The predicted molar refractivity (Wildman–Crippen MR) is 333 cm³/mol. The van der Waals surface area contributed by atoms with E-state index in [1.54, 1.807) is 24.3 Å². The number of ether oxygens (including phenoxy) is 10. The number of hydrogen-bond acceptors (Lipinski definition) is 20. The number of carbonyl (C=O) groups is 10. The smallest absolute Gasteiger partial charge is 0.347 e. The Morgan fingerprint density at radius 2 is 0.713 bits per heavy atom. The second-order valence-electron chi connectivity index (χ2n) is 20.7. The number of nitrogens with zero attached hydrogens (tertiary/aromatic N) is 2. The summed E-state index contributed by atoms with van der Waals surface area (Å²) in [5.41, 5.74) is 1.06. The summed E-state index contributed by atoms with van der Waals surface area (Å²) in [6.07, 6.45) is -1.25. The molecule has 4 N–H and O–H groups in total. The van der Waals surface area contributed by atoms with E-state index in [9.17, 15) is 56.7 Å². The molecule has 0 heterocycles. The molecule has 94 heavy (non-hydrogen) atoms. The highest BCUT2D eigenvalue weighted by molar-refractivity contribution is 6.03. The molecule has 6 amide bonds. The van der Waals surface area contributed by atoms with E-state index in [4.69, 9.17) is 47.4 Å². The lowest BCUT2D eigenvalue weighted by Crippen LogP contribution is -2.47. The molecule has 5 aromatic carbocycles. The average molecular weight is 1310 g/mol. The lowest BCUT2D eigenvalue weighted by Gasteiger charge is -2.24. The second-order valence-corrected chi connectivity index (χ2v) is 20.7. The number of halogens is 2. The van der Waals surface area contributed by atoms with Crippen LogP contribution in [0, 0.1) is 11.6 Å². The molecular weight excluding hydrogens is 1230 g/mol. The van der Waals surface area contributed by atoms with E-state index in [1.165, 1.54) is 115 Å². The van der Waals surface area contributed by atoms with Crippen molar-refractivity contribution in [3.05, 3.63) is 142 Å². The summed E-state index contributed by atoms with van der Waals surface area (Å²) in [6, 6.07) is 21.9. The van der Waals surface area contributed by atoms with Crippen molar-refractivity contribution in [3.63, 3.8) is 0 Å². The molecule has 0 saturated heterocycles. The molecule has 0 aliphatic carbocycles. The molecule has 506 valence electrons. The number of nitrogens with one attached hydrogen (secondary N) is 4. The summed E-state index contributed by atoms with van der Waals surface area (Å²) in [5.74, 6) is -7.75. The molecule has 26 nitrogen and oxygen atoms in total. The molecule has 28 heteroatoms. The molecule has 0 aliphatic heterocycles. The Morgan fingerprint density at radius 1 is 0.394 bits per heavy atom. The molecule has 0 fully saturated rings. The summed E-state index contributed by atoms with van der Waals surface area (Å²) in [6.45, 7) is -2.51. The van der Waals surface area contributed by atoms with Gasteiger partial charge in [0.1, 0.15) is 37.8 Å². The Bertz CT molecular complexity index is 3160. The van der Waals surface area contributed by atoms with Crippen LogP contribution in [-0.4, -0.2) is 191 Å². The summed E-state index contributed by atoms with van der Waals surface area (Å²) in [5, 5.41) is 10.8. The van der Waals surface area contributed by atoms with Crippen molar-refractivity contribution < 1.29 is 104 Å². The average Bonchev–Trinajstić information content (AvgIpc) is 0.862. The van der Waals surface area contributed by atoms with Crippen LogP contribution in [0.3, 0.4) is 0 Å². The van der Waals surface area contributed by atoms with Gasteiger partial charge in [0.2, 0.25) is 35.1 Å². The van der Waals surface area contributed by atoms with Crippen molar-refractivity contribution in [2.75, 3.05) is 109 Å². The highest BCUT2D eigenvalue weighted by Crippen LogP contribution is 2.40. The topological polar surface area (TPSA) is 318 Å². The minimum absolute atomic E-state index is 0.00107. The zero-order chi connectivity index (χ0) is 68.7. The molecule has 0 aliphatic rings. The minimum atomic E-state index is -1.35. The molecule has 5 aromatic rings. The van der Waals surface area contributed by atoms with Crippen molar-refractivity contribution in [2.24, 2.45) is 0 Å². The lowest BCUT2D eigenvalue weighted by molar-refractivity contribution is -0.151. The molecule has 0 aromatic heterocycles. The second kappa shape index (κ2) is 38.3. The van der Waals surface area contributed by atoms with Gasteiger partial charge in [-0.2, -0.15) is 0 Å². The number of hydrogen-bond donors (Lipinski definition) is 4. The highest BCUT2D eigenvalue weighted by Gasteiger charge is 2.30. The molecule has 2 atom stereocenters. The minimum Gasteiger partial charge on any atom is -0.493 e. The zero-order valence-corrected chi connectivity index (χ0v) is 53.5. The van der Waals surface area contributed by atoms with E-state index in [-0.39, 0.29) is 121 Å². The molecule has 0 radical (unpaired) electrons. The summed E-state index contributed by atoms with van der Waals surface area (Å²) in [7, 11) is 10.5. The van der Waals surface area contributed by atoms with Crippen LogP contribution >= 0.6 is 0 Å². The third kappa shape index (κ3) is 23.0. The van der Waals surface area contributed by atoms with Crippen LogP contribution in [0.1, 0.15) is 91.1 Å². The summed E-state index contributed by atoms with van der Waals surface area (Å²) >= 11 is 0. The number of esters is 4. The fourth-order valence-corrected chi connectivity index (χ4v) is 9.33. The Morgan fingerprint density at radius 3 is 1.01 bits per heavy atom. The maximum absolute atomic E-state index is 14.5. The Labute approximate surface area is 542 Å². The monoisotopic (exact) mass is 1310 g/mol. The van der Waals surface area contributed by atoms with Crippen molar-refractivity contribution in [2.45, 2.75) is 63.6 Å². The normalized spacial score (nSPS) is 11.3. The van der Waals surface area contributed by atoms with Crippen molar-refractivity contribution >= 4 is 59.3 Å². The molecular formula is C66H78F2N6O20. The largest absolute Gasteiger partial charge is 0.493 e. The highest BCUT2D eigenvalue weighted by atomic mass is 19.1. The third-order valence-electron chi connectivity index (χ3n) is 14.2.